The summed E-state index contributed by atoms with van der Waals surface area (Å²) < 4.78 is 57.4. The molecule has 37 heavy (non-hydrogen) atoms. The fourth-order valence-electron chi connectivity index (χ4n) is 3.38. The van der Waals surface area contributed by atoms with Crippen LogP contribution in [0, 0.1) is 6.92 Å². The Kier molecular flexibility index (Phi) is 9.04. The van der Waals surface area contributed by atoms with Crippen molar-refractivity contribution in [3.8, 4) is 22.9 Å². The number of carbonyl (C=O) groups excluding carboxylic acids is 1. The van der Waals surface area contributed by atoms with E-state index in [0.717, 1.165) is 12.1 Å². The molecule has 3 aromatic rings. The summed E-state index contributed by atoms with van der Waals surface area (Å²) in [5, 5.41) is 8.21. The molecule has 3 rings (SSSR count). The zero-order valence-electron chi connectivity index (χ0n) is 20.6. The van der Waals surface area contributed by atoms with Gasteiger partial charge < -0.3 is 14.2 Å². The highest BCUT2D eigenvalue weighted by Crippen LogP contribution is 2.39. The molecular weight excluding hydrogens is 513 g/mol. The molecule has 1 aromatic heterocycles. The van der Waals surface area contributed by atoms with Crippen LogP contribution in [0.15, 0.2) is 41.5 Å². The van der Waals surface area contributed by atoms with Crippen LogP contribution < -0.4 is 19.6 Å². The third-order valence-corrected chi connectivity index (χ3v) is 5.36. The Balaban J connectivity index is 1.85. The molecule has 0 fully saturated rings. The number of halogens is 4. The van der Waals surface area contributed by atoms with E-state index in [1.54, 1.807) is 20.8 Å². The summed E-state index contributed by atoms with van der Waals surface area (Å²) in [6.45, 7) is 8.13. The van der Waals surface area contributed by atoms with Crippen LogP contribution in [0.4, 0.5) is 13.2 Å². The number of alkyl halides is 3. The lowest BCUT2D eigenvalue weighted by Crippen LogP contribution is -2.18. The first kappa shape index (κ1) is 27.9. The van der Waals surface area contributed by atoms with E-state index in [4.69, 9.17) is 25.8 Å². The predicted octanol–water partition coefficient (Wildman–Crippen LogP) is 5.81. The van der Waals surface area contributed by atoms with Gasteiger partial charge in [0.2, 0.25) is 5.75 Å². The van der Waals surface area contributed by atoms with Gasteiger partial charge in [0.15, 0.2) is 11.5 Å². The van der Waals surface area contributed by atoms with Crippen LogP contribution in [0.25, 0.3) is 5.69 Å². The van der Waals surface area contributed by atoms with Crippen molar-refractivity contribution < 1.29 is 32.2 Å². The summed E-state index contributed by atoms with van der Waals surface area (Å²) in [6, 6.07) is 7.66. The quantitative estimate of drug-likeness (QED) is 0.260. The zero-order chi connectivity index (χ0) is 27.2. The van der Waals surface area contributed by atoms with Crippen LogP contribution in [0.3, 0.4) is 0 Å². The van der Waals surface area contributed by atoms with Gasteiger partial charge >= 0.3 is 6.18 Å². The topological polar surface area (TPSA) is 87.0 Å². The third-order valence-electron chi connectivity index (χ3n) is 5.00. The van der Waals surface area contributed by atoms with Gasteiger partial charge in [-0.25, -0.2) is 10.1 Å². The van der Waals surface area contributed by atoms with Crippen LogP contribution in [-0.4, -0.2) is 41.7 Å². The summed E-state index contributed by atoms with van der Waals surface area (Å²) in [5.41, 5.74) is 2.66. The van der Waals surface area contributed by atoms with Crippen molar-refractivity contribution >= 4 is 23.7 Å². The first-order valence-corrected chi connectivity index (χ1v) is 11.8. The fraction of sp³-hybridized carbons (Fsp3) is 0.320. The lowest BCUT2D eigenvalue weighted by molar-refractivity contribution is -0.137. The van der Waals surface area contributed by atoms with Crippen LogP contribution >= 0.6 is 11.6 Å². The van der Waals surface area contributed by atoms with Gasteiger partial charge in [0.1, 0.15) is 5.15 Å². The molecule has 0 spiro atoms. The third kappa shape index (κ3) is 6.53. The average Bonchev–Trinajstić information content (AvgIpc) is 3.14. The SMILES string of the molecule is CCOc1cc(C(=O)N/N=C/c2c(C)nn(-c3cccc(C(F)(F)F)c3)c2Cl)cc(OCC)c1OCC. The summed E-state index contributed by atoms with van der Waals surface area (Å²) in [5.74, 6) is 0.548. The molecule has 0 unspecified atom stereocenters. The van der Waals surface area contributed by atoms with Crippen LogP contribution in [0.2, 0.25) is 5.15 Å². The summed E-state index contributed by atoms with van der Waals surface area (Å²) in [6.07, 6.45) is -3.24. The molecule has 12 heteroatoms. The van der Waals surface area contributed by atoms with Gasteiger partial charge in [-0.1, -0.05) is 17.7 Å². The number of rotatable bonds is 10. The number of benzene rings is 2. The first-order valence-electron chi connectivity index (χ1n) is 11.4. The first-order chi connectivity index (χ1) is 17.6. The lowest BCUT2D eigenvalue weighted by Gasteiger charge is -2.16. The van der Waals surface area contributed by atoms with Crippen molar-refractivity contribution in [2.45, 2.75) is 33.9 Å². The smallest absolute Gasteiger partial charge is 0.416 e. The fourth-order valence-corrected chi connectivity index (χ4v) is 3.70. The number of nitrogens with one attached hydrogen (secondary N) is 1. The molecule has 0 aliphatic rings. The van der Waals surface area contributed by atoms with E-state index in [-0.39, 0.29) is 16.4 Å². The molecule has 0 bridgehead atoms. The maximum absolute atomic E-state index is 13.1. The second-order valence-corrected chi connectivity index (χ2v) is 7.91. The Hall–Kier alpha value is -3.73. The van der Waals surface area contributed by atoms with Gasteiger partial charge in [-0.2, -0.15) is 23.4 Å². The number of hydrogen-bond acceptors (Lipinski definition) is 6. The van der Waals surface area contributed by atoms with Crippen molar-refractivity contribution in [2.24, 2.45) is 5.10 Å². The molecule has 1 amide bonds. The Labute approximate surface area is 217 Å². The van der Waals surface area contributed by atoms with Gasteiger partial charge in [0.05, 0.1) is 48.5 Å². The number of hydrazone groups is 1. The van der Waals surface area contributed by atoms with E-state index in [1.807, 2.05) is 6.92 Å². The highest BCUT2D eigenvalue weighted by Gasteiger charge is 2.31. The van der Waals surface area contributed by atoms with E-state index >= 15 is 0 Å². The second-order valence-electron chi connectivity index (χ2n) is 7.55. The van der Waals surface area contributed by atoms with Crippen molar-refractivity contribution in [2.75, 3.05) is 19.8 Å². The predicted molar refractivity (Wildman–Crippen MR) is 133 cm³/mol. The van der Waals surface area contributed by atoms with E-state index in [9.17, 15) is 18.0 Å². The number of nitrogens with zero attached hydrogens (tertiary/aromatic N) is 3. The molecule has 0 radical (unpaired) electrons. The van der Waals surface area contributed by atoms with Crippen LogP contribution in [0.5, 0.6) is 17.2 Å². The minimum absolute atomic E-state index is 0.0353. The van der Waals surface area contributed by atoms with Crippen molar-refractivity contribution in [3.05, 3.63) is 63.9 Å². The van der Waals surface area contributed by atoms with Crippen molar-refractivity contribution in [1.29, 1.82) is 0 Å². The number of ether oxygens (including phenoxy) is 3. The van der Waals surface area contributed by atoms with Crippen molar-refractivity contribution in [3.63, 3.8) is 0 Å². The Morgan fingerprint density at radius 2 is 1.70 bits per heavy atom. The van der Waals surface area contributed by atoms with Gasteiger partial charge in [-0.15, -0.1) is 0 Å². The van der Waals surface area contributed by atoms with Crippen molar-refractivity contribution in [1.82, 2.24) is 15.2 Å². The van der Waals surface area contributed by atoms with Gasteiger partial charge in [-0.3, -0.25) is 4.79 Å². The molecule has 0 saturated heterocycles. The number of carbonyl (C=O) groups is 1. The monoisotopic (exact) mass is 538 g/mol. The van der Waals surface area contributed by atoms with Gasteiger partial charge in [-0.05, 0) is 58.0 Å². The second kappa shape index (κ2) is 12.0. The van der Waals surface area contributed by atoms with Crippen LogP contribution in [-0.2, 0) is 6.18 Å². The lowest BCUT2D eigenvalue weighted by atomic mass is 10.1. The number of aryl methyl sites for hydroxylation is 1. The standard InChI is InChI=1S/C25H26ClF3N4O4/c1-5-35-20-11-16(12-21(36-6-2)22(20)37-7-3)24(34)31-30-14-19-15(4)32-33(23(19)26)18-10-8-9-17(13-18)25(27,28)29/h8-14H,5-7H2,1-4H3,(H,31,34)/b30-14+. The molecule has 0 aliphatic heterocycles. The molecule has 1 heterocycles. The Morgan fingerprint density at radius 3 is 2.27 bits per heavy atom. The van der Waals surface area contributed by atoms with E-state index in [1.165, 1.54) is 35.2 Å². The zero-order valence-corrected chi connectivity index (χ0v) is 21.4. The molecule has 0 atom stereocenters. The molecule has 198 valence electrons. The van der Waals surface area contributed by atoms with Gasteiger partial charge in [0.25, 0.3) is 5.91 Å². The molecule has 1 N–H and O–H groups in total. The van der Waals surface area contributed by atoms with Crippen LogP contribution in [0.1, 0.15) is 48.0 Å². The minimum atomic E-state index is -4.51. The minimum Gasteiger partial charge on any atom is -0.490 e. The molecule has 2 aromatic carbocycles. The van der Waals surface area contributed by atoms with E-state index in [0.29, 0.717) is 48.3 Å². The normalized spacial score (nSPS) is 11.6. The summed E-state index contributed by atoms with van der Waals surface area (Å²) >= 11 is 6.39. The Bertz CT molecular complexity index is 1260. The van der Waals surface area contributed by atoms with Gasteiger partial charge in [0, 0.05) is 5.56 Å². The number of hydrogen-bond donors (Lipinski definition) is 1. The van der Waals surface area contributed by atoms with E-state index in [2.05, 4.69) is 15.6 Å². The maximum Gasteiger partial charge on any atom is 0.416 e. The highest BCUT2D eigenvalue weighted by molar-refractivity contribution is 6.32. The number of amides is 1. The molecule has 0 saturated carbocycles. The molecule has 8 nitrogen and oxygen atoms in total. The molecular formula is C25H26ClF3N4O4. The maximum atomic E-state index is 13.1. The average molecular weight is 539 g/mol. The highest BCUT2D eigenvalue weighted by atomic mass is 35.5. The largest absolute Gasteiger partial charge is 0.490 e. The summed E-state index contributed by atoms with van der Waals surface area (Å²) in [7, 11) is 0. The Morgan fingerprint density at radius 1 is 1.08 bits per heavy atom. The molecule has 0 aliphatic carbocycles. The summed E-state index contributed by atoms with van der Waals surface area (Å²) in [4.78, 5) is 12.8. The number of aromatic nitrogens is 2. The van der Waals surface area contributed by atoms with E-state index < -0.39 is 17.6 Å².